The summed E-state index contributed by atoms with van der Waals surface area (Å²) in [5.41, 5.74) is 8.58. The van der Waals surface area contributed by atoms with Crippen LogP contribution in [0.2, 0.25) is 5.02 Å². The van der Waals surface area contributed by atoms with Crippen molar-refractivity contribution < 1.29 is 0 Å². The minimum Gasteiger partial charge on any atom is -0.361 e. The predicted molar refractivity (Wildman–Crippen MR) is 77.1 cm³/mol. The molecular formula is C15H19ClN2. The number of hydrogen-bond acceptors (Lipinski definition) is 1. The smallest absolute Gasteiger partial charge is 0.0457 e. The van der Waals surface area contributed by atoms with Crippen LogP contribution in [0.1, 0.15) is 37.7 Å². The van der Waals surface area contributed by atoms with Crippen LogP contribution in [0.15, 0.2) is 24.4 Å². The van der Waals surface area contributed by atoms with Gasteiger partial charge in [-0.05, 0) is 36.6 Å². The summed E-state index contributed by atoms with van der Waals surface area (Å²) in [6.45, 7) is 0.693. The van der Waals surface area contributed by atoms with Crippen LogP contribution in [0.5, 0.6) is 0 Å². The van der Waals surface area contributed by atoms with Crippen molar-refractivity contribution in [3.8, 4) is 0 Å². The van der Waals surface area contributed by atoms with E-state index >= 15 is 0 Å². The lowest BCUT2D eigenvalue weighted by Crippen LogP contribution is -2.37. The molecule has 2 aromatic rings. The fourth-order valence-electron chi connectivity index (χ4n) is 3.29. The van der Waals surface area contributed by atoms with E-state index in [1.165, 1.54) is 30.2 Å². The van der Waals surface area contributed by atoms with Crippen LogP contribution in [0.3, 0.4) is 0 Å². The Hall–Kier alpha value is -0.990. The molecule has 1 aliphatic carbocycles. The molecule has 1 aliphatic rings. The van der Waals surface area contributed by atoms with E-state index in [-0.39, 0.29) is 5.41 Å². The SMILES string of the molecule is NCC1(c2cc3[nH]ccc3cc2Cl)CCCCC1. The summed E-state index contributed by atoms with van der Waals surface area (Å²) in [4.78, 5) is 3.27. The zero-order valence-electron chi connectivity index (χ0n) is 10.5. The van der Waals surface area contributed by atoms with Gasteiger partial charge in [-0.15, -0.1) is 0 Å². The Morgan fingerprint density at radius 2 is 2.00 bits per heavy atom. The number of nitrogens with two attached hydrogens (primary N) is 1. The Morgan fingerprint density at radius 1 is 1.22 bits per heavy atom. The number of aromatic amines is 1. The van der Waals surface area contributed by atoms with Crippen molar-refractivity contribution in [2.45, 2.75) is 37.5 Å². The third kappa shape index (κ3) is 1.84. The molecule has 2 nitrogen and oxygen atoms in total. The number of benzene rings is 1. The van der Waals surface area contributed by atoms with Gasteiger partial charge in [0, 0.05) is 34.1 Å². The van der Waals surface area contributed by atoms with Crippen molar-refractivity contribution in [2.24, 2.45) is 5.73 Å². The second kappa shape index (κ2) is 4.60. The van der Waals surface area contributed by atoms with Gasteiger partial charge in [0.25, 0.3) is 0 Å². The molecule has 18 heavy (non-hydrogen) atoms. The Morgan fingerprint density at radius 3 is 2.72 bits per heavy atom. The molecule has 1 saturated carbocycles. The first kappa shape index (κ1) is 12.1. The Balaban J connectivity index is 2.13. The lowest BCUT2D eigenvalue weighted by Gasteiger charge is -2.37. The maximum Gasteiger partial charge on any atom is 0.0457 e. The van der Waals surface area contributed by atoms with Crippen LogP contribution in [0, 0.1) is 0 Å². The van der Waals surface area contributed by atoms with Gasteiger partial charge in [-0.1, -0.05) is 30.9 Å². The first-order valence-electron chi connectivity index (χ1n) is 6.72. The van der Waals surface area contributed by atoms with E-state index in [1.54, 1.807) is 0 Å². The topological polar surface area (TPSA) is 41.8 Å². The molecule has 0 unspecified atom stereocenters. The molecule has 3 N–H and O–H groups in total. The lowest BCUT2D eigenvalue weighted by molar-refractivity contribution is 0.301. The van der Waals surface area contributed by atoms with Crippen molar-refractivity contribution in [2.75, 3.05) is 6.54 Å². The van der Waals surface area contributed by atoms with Crippen molar-refractivity contribution in [3.05, 3.63) is 35.0 Å². The van der Waals surface area contributed by atoms with E-state index < -0.39 is 0 Å². The molecule has 0 spiro atoms. The first-order chi connectivity index (χ1) is 8.75. The quantitative estimate of drug-likeness (QED) is 0.845. The number of hydrogen-bond donors (Lipinski definition) is 2. The van der Waals surface area contributed by atoms with Crippen LogP contribution >= 0.6 is 11.6 Å². The summed E-state index contributed by atoms with van der Waals surface area (Å²) in [5.74, 6) is 0. The number of halogens is 1. The largest absolute Gasteiger partial charge is 0.361 e. The van der Waals surface area contributed by atoms with E-state index in [1.807, 2.05) is 6.20 Å². The highest BCUT2D eigenvalue weighted by atomic mass is 35.5. The highest BCUT2D eigenvalue weighted by Crippen LogP contribution is 2.42. The summed E-state index contributed by atoms with van der Waals surface area (Å²) >= 11 is 6.49. The second-order valence-electron chi connectivity index (χ2n) is 5.44. The van der Waals surface area contributed by atoms with Crippen molar-refractivity contribution in [1.29, 1.82) is 0 Å². The molecule has 0 aliphatic heterocycles. The molecule has 1 heterocycles. The summed E-state index contributed by atoms with van der Waals surface area (Å²) in [7, 11) is 0. The first-order valence-corrected chi connectivity index (χ1v) is 7.10. The highest BCUT2D eigenvalue weighted by molar-refractivity contribution is 6.32. The fraction of sp³-hybridized carbons (Fsp3) is 0.467. The van der Waals surface area contributed by atoms with Gasteiger partial charge in [0.05, 0.1) is 0 Å². The minimum absolute atomic E-state index is 0.0919. The molecule has 3 heteroatoms. The van der Waals surface area contributed by atoms with Gasteiger partial charge in [-0.25, -0.2) is 0 Å². The number of nitrogens with one attached hydrogen (secondary N) is 1. The maximum absolute atomic E-state index is 6.49. The van der Waals surface area contributed by atoms with Gasteiger partial charge in [0.2, 0.25) is 0 Å². The second-order valence-corrected chi connectivity index (χ2v) is 5.85. The van der Waals surface area contributed by atoms with Crippen LogP contribution in [0.25, 0.3) is 10.9 Å². The minimum atomic E-state index is 0.0919. The monoisotopic (exact) mass is 262 g/mol. The van der Waals surface area contributed by atoms with Gasteiger partial charge in [-0.3, -0.25) is 0 Å². The van der Waals surface area contributed by atoms with Crippen molar-refractivity contribution in [1.82, 2.24) is 4.98 Å². The number of H-pyrrole nitrogens is 1. The van der Waals surface area contributed by atoms with Gasteiger partial charge < -0.3 is 10.7 Å². The molecule has 0 atom stereocenters. The predicted octanol–water partition coefficient (Wildman–Crippen LogP) is 3.98. The maximum atomic E-state index is 6.49. The van der Waals surface area contributed by atoms with E-state index in [0.29, 0.717) is 6.54 Å². The van der Waals surface area contributed by atoms with Crippen LogP contribution < -0.4 is 5.73 Å². The zero-order chi connectivity index (χ0) is 12.6. The Labute approximate surface area is 113 Å². The third-order valence-corrected chi connectivity index (χ3v) is 4.73. The Kier molecular flexibility index (Phi) is 3.08. The average molecular weight is 263 g/mol. The number of aromatic nitrogens is 1. The van der Waals surface area contributed by atoms with Crippen LogP contribution in [0.4, 0.5) is 0 Å². The van der Waals surface area contributed by atoms with E-state index in [4.69, 9.17) is 17.3 Å². The molecule has 0 saturated heterocycles. The summed E-state index contributed by atoms with van der Waals surface area (Å²) < 4.78 is 0. The number of rotatable bonds is 2. The molecular weight excluding hydrogens is 244 g/mol. The van der Waals surface area contributed by atoms with Gasteiger partial charge in [0.15, 0.2) is 0 Å². The van der Waals surface area contributed by atoms with Crippen LogP contribution in [-0.2, 0) is 5.41 Å². The van der Waals surface area contributed by atoms with E-state index in [0.717, 1.165) is 23.4 Å². The zero-order valence-corrected chi connectivity index (χ0v) is 11.3. The Bertz CT molecular complexity index is 553. The van der Waals surface area contributed by atoms with Gasteiger partial charge >= 0.3 is 0 Å². The van der Waals surface area contributed by atoms with E-state index in [2.05, 4.69) is 23.2 Å². The standard InChI is InChI=1S/C15H19ClN2/c16-13-8-11-4-7-18-14(11)9-12(13)15(10-17)5-2-1-3-6-15/h4,7-9,18H,1-3,5-6,10,17H2. The molecule has 3 rings (SSSR count). The molecule has 1 aromatic heterocycles. The van der Waals surface area contributed by atoms with Crippen molar-refractivity contribution >= 4 is 22.5 Å². The molecule has 0 bridgehead atoms. The van der Waals surface area contributed by atoms with Gasteiger partial charge in [0.1, 0.15) is 0 Å². The highest BCUT2D eigenvalue weighted by Gasteiger charge is 2.34. The molecule has 0 radical (unpaired) electrons. The fourth-order valence-corrected chi connectivity index (χ4v) is 3.66. The van der Waals surface area contributed by atoms with E-state index in [9.17, 15) is 0 Å². The summed E-state index contributed by atoms with van der Waals surface area (Å²) in [6.07, 6.45) is 8.13. The lowest BCUT2D eigenvalue weighted by atomic mass is 9.69. The molecule has 1 fully saturated rings. The molecule has 0 amide bonds. The summed E-state index contributed by atoms with van der Waals surface area (Å²) in [5, 5.41) is 2.04. The molecule has 1 aromatic carbocycles. The third-order valence-electron chi connectivity index (χ3n) is 4.41. The van der Waals surface area contributed by atoms with Crippen LogP contribution in [-0.4, -0.2) is 11.5 Å². The van der Waals surface area contributed by atoms with Gasteiger partial charge in [-0.2, -0.15) is 0 Å². The average Bonchev–Trinajstić information content (AvgIpc) is 2.85. The number of fused-ring (bicyclic) bond motifs is 1. The van der Waals surface area contributed by atoms with Crippen molar-refractivity contribution in [3.63, 3.8) is 0 Å². The normalized spacial score (nSPS) is 19.2. The summed E-state index contributed by atoms with van der Waals surface area (Å²) in [6, 6.07) is 6.32. The molecule has 96 valence electrons.